The maximum atomic E-state index is 5.54. The second-order valence-electron chi connectivity index (χ2n) is 17.4. The number of rotatable bonds is 6. The Labute approximate surface area is 385 Å². The van der Waals surface area contributed by atoms with Gasteiger partial charge in [0, 0.05) is 66.1 Å². The fraction of sp³-hybridized carbons (Fsp3) is 0. The van der Waals surface area contributed by atoms with Crippen molar-refractivity contribution in [1.29, 1.82) is 0 Å². The van der Waals surface area contributed by atoms with Gasteiger partial charge in [-0.25, -0.2) is 9.97 Å². The predicted octanol–water partition coefficient (Wildman–Crippen LogP) is 15.9. The van der Waals surface area contributed by atoms with Crippen molar-refractivity contribution >= 4 is 76.2 Å². The average Bonchev–Trinajstić information content (AvgIpc) is 4.04. The minimum atomic E-state index is 0.650. The summed E-state index contributed by atoms with van der Waals surface area (Å²) in [6.45, 7) is 0. The monoisotopic (exact) mass is 853 g/mol. The highest BCUT2D eigenvalue weighted by atomic mass is 15.0. The number of hydrogen-bond acceptors (Lipinski definition) is 2. The molecule has 312 valence electrons. The summed E-state index contributed by atoms with van der Waals surface area (Å²) in [7, 11) is 0. The molecular weight excluding hydrogens is 815 g/mol. The van der Waals surface area contributed by atoms with Crippen molar-refractivity contribution in [2.45, 2.75) is 0 Å². The lowest BCUT2D eigenvalue weighted by Crippen LogP contribution is -2.02. The maximum Gasteiger partial charge on any atom is 0.160 e. The molecule has 14 aromatic rings. The highest BCUT2D eigenvalue weighted by Crippen LogP contribution is 2.40. The van der Waals surface area contributed by atoms with Crippen molar-refractivity contribution in [2.24, 2.45) is 0 Å². The van der Waals surface area contributed by atoms with Crippen LogP contribution in [0.25, 0.3) is 127 Å². The third kappa shape index (κ3) is 5.81. The standard InChI is InChI=1S/C62H39N5/c1-2-18-46-40(16-1)17-15-25-47(46)55-39-54(41-32-34-43(35-33-41)65-56-26-9-3-19-48(56)49-20-4-10-27-57(49)65)63-62(64-55)42-36-44(66-58-28-11-5-21-50(58)51-22-6-12-29-59(51)66)38-45(37-42)67-60-30-13-7-23-52(60)53-24-8-14-31-61(53)67/h1-39H. The van der Waals surface area contributed by atoms with Gasteiger partial charge >= 0.3 is 0 Å². The Bertz CT molecular complexity index is 3980. The van der Waals surface area contributed by atoms with Crippen molar-refractivity contribution in [1.82, 2.24) is 23.7 Å². The molecule has 0 bridgehead atoms. The number of aromatic nitrogens is 5. The highest BCUT2D eigenvalue weighted by Gasteiger charge is 2.20. The molecule has 4 heterocycles. The second-order valence-corrected chi connectivity index (χ2v) is 17.4. The summed E-state index contributed by atoms with van der Waals surface area (Å²) >= 11 is 0. The minimum absolute atomic E-state index is 0.650. The van der Waals surface area contributed by atoms with E-state index >= 15 is 0 Å². The Balaban J connectivity index is 1.03. The van der Waals surface area contributed by atoms with Crippen LogP contribution < -0.4 is 0 Å². The van der Waals surface area contributed by atoms with Crippen molar-refractivity contribution in [3.8, 4) is 51.0 Å². The molecule has 5 heteroatoms. The Morgan fingerprint density at radius 1 is 0.254 bits per heavy atom. The van der Waals surface area contributed by atoms with Gasteiger partial charge in [0.2, 0.25) is 0 Å². The SMILES string of the molecule is c1ccc2c(-c3cc(-c4ccc(-n5c6ccccc6c6ccccc65)cc4)nc(-c4cc(-n5c6ccccc6c6ccccc65)cc(-n5c6ccccc6c6ccccc65)c4)n3)cccc2c1. The molecule has 0 saturated heterocycles. The van der Waals surface area contributed by atoms with E-state index in [0.717, 1.165) is 72.6 Å². The predicted molar refractivity (Wildman–Crippen MR) is 279 cm³/mol. The quantitative estimate of drug-likeness (QED) is 0.167. The summed E-state index contributed by atoms with van der Waals surface area (Å²) in [6, 6.07) is 85.0. The molecule has 0 aliphatic rings. The molecule has 0 amide bonds. The van der Waals surface area contributed by atoms with E-state index in [4.69, 9.17) is 9.97 Å². The van der Waals surface area contributed by atoms with Gasteiger partial charge in [0.05, 0.1) is 44.5 Å². The molecule has 0 aliphatic carbocycles. The van der Waals surface area contributed by atoms with Gasteiger partial charge in [-0.3, -0.25) is 0 Å². The summed E-state index contributed by atoms with van der Waals surface area (Å²) in [6.07, 6.45) is 0. The van der Waals surface area contributed by atoms with Crippen LogP contribution in [0.3, 0.4) is 0 Å². The largest absolute Gasteiger partial charge is 0.309 e. The van der Waals surface area contributed by atoms with E-state index in [2.05, 4.69) is 250 Å². The molecule has 4 aromatic heterocycles. The molecule has 67 heavy (non-hydrogen) atoms. The number of nitrogens with zero attached hydrogens (tertiary/aromatic N) is 5. The molecule has 0 fully saturated rings. The fourth-order valence-electron chi connectivity index (χ4n) is 10.7. The van der Waals surface area contributed by atoms with E-state index in [1.54, 1.807) is 0 Å². The van der Waals surface area contributed by atoms with Crippen molar-refractivity contribution in [2.75, 3.05) is 0 Å². The normalized spacial score (nSPS) is 11.9. The molecule has 0 atom stereocenters. The first kappa shape index (κ1) is 37.3. The highest BCUT2D eigenvalue weighted by molar-refractivity contribution is 6.11. The Morgan fingerprint density at radius 2 is 0.627 bits per heavy atom. The number of para-hydroxylation sites is 6. The summed E-state index contributed by atoms with van der Waals surface area (Å²) in [5.74, 6) is 0.650. The van der Waals surface area contributed by atoms with E-state index in [1.165, 1.54) is 48.7 Å². The Morgan fingerprint density at radius 3 is 1.09 bits per heavy atom. The maximum absolute atomic E-state index is 5.54. The smallest absolute Gasteiger partial charge is 0.160 e. The van der Waals surface area contributed by atoms with Crippen LogP contribution in [0.2, 0.25) is 0 Å². The van der Waals surface area contributed by atoms with Crippen LogP contribution >= 0.6 is 0 Å². The van der Waals surface area contributed by atoms with E-state index in [-0.39, 0.29) is 0 Å². The van der Waals surface area contributed by atoms with Crippen molar-refractivity contribution in [3.63, 3.8) is 0 Å². The van der Waals surface area contributed by atoms with Crippen molar-refractivity contribution in [3.05, 3.63) is 237 Å². The molecule has 10 aromatic carbocycles. The van der Waals surface area contributed by atoms with Gasteiger partial charge in [-0.1, -0.05) is 164 Å². The van der Waals surface area contributed by atoms with Gasteiger partial charge in [-0.2, -0.15) is 0 Å². The molecule has 0 aliphatic heterocycles. The summed E-state index contributed by atoms with van der Waals surface area (Å²) in [5.41, 5.74) is 14.8. The molecular formula is C62H39N5. The number of hydrogen-bond donors (Lipinski definition) is 0. The van der Waals surface area contributed by atoms with Gasteiger partial charge in [0.1, 0.15) is 0 Å². The lowest BCUT2D eigenvalue weighted by Gasteiger charge is -2.16. The zero-order valence-corrected chi connectivity index (χ0v) is 36.3. The van der Waals surface area contributed by atoms with Gasteiger partial charge in [0.15, 0.2) is 5.82 Å². The van der Waals surface area contributed by atoms with E-state index < -0.39 is 0 Å². The van der Waals surface area contributed by atoms with Crippen LogP contribution in [0, 0.1) is 0 Å². The minimum Gasteiger partial charge on any atom is -0.309 e. The first-order chi connectivity index (χ1) is 33.2. The molecule has 0 unspecified atom stereocenters. The van der Waals surface area contributed by atoms with Crippen LogP contribution in [-0.2, 0) is 0 Å². The zero-order valence-electron chi connectivity index (χ0n) is 36.3. The van der Waals surface area contributed by atoms with Crippen molar-refractivity contribution < 1.29 is 0 Å². The molecule has 0 saturated carbocycles. The number of fused-ring (bicyclic) bond motifs is 10. The molecule has 5 nitrogen and oxygen atoms in total. The van der Waals surface area contributed by atoms with E-state index in [0.29, 0.717) is 5.82 Å². The van der Waals surface area contributed by atoms with Gasteiger partial charge in [-0.15, -0.1) is 0 Å². The lowest BCUT2D eigenvalue weighted by molar-refractivity contribution is 1.12. The fourth-order valence-corrected chi connectivity index (χ4v) is 10.7. The average molecular weight is 854 g/mol. The lowest BCUT2D eigenvalue weighted by atomic mass is 10.00. The summed E-state index contributed by atoms with van der Waals surface area (Å²) in [4.78, 5) is 11.1. The molecule has 14 rings (SSSR count). The van der Waals surface area contributed by atoms with Crippen LogP contribution in [0.15, 0.2) is 237 Å². The topological polar surface area (TPSA) is 40.6 Å². The van der Waals surface area contributed by atoms with Crippen LogP contribution in [0.1, 0.15) is 0 Å². The molecule has 0 spiro atoms. The van der Waals surface area contributed by atoms with Crippen LogP contribution in [0.4, 0.5) is 0 Å². The second kappa shape index (κ2) is 14.7. The first-order valence-corrected chi connectivity index (χ1v) is 22.8. The third-order valence-corrected chi connectivity index (χ3v) is 13.6. The molecule has 0 N–H and O–H groups in total. The van der Waals surface area contributed by atoms with Gasteiger partial charge in [-0.05, 0) is 83.6 Å². The Hall–Kier alpha value is -9.06. The van der Waals surface area contributed by atoms with Gasteiger partial charge < -0.3 is 13.7 Å². The summed E-state index contributed by atoms with van der Waals surface area (Å²) in [5, 5.41) is 9.64. The third-order valence-electron chi connectivity index (χ3n) is 13.6. The Kier molecular flexibility index (Phi) is 8.21. The van der Waals surface area contributed by atoms with E-state index in [1.807, 2.05) is 0 Å². The van der Waals surface area contributed by atoms with Crippen LogP contribution in [0.5, 0.6) is 0 Å². The van der Waals surface area contributed by atoms with E-state index in [9.17, 15) is 0 Å². The molecule has 0 radical (unpaired) electrons. The van der Waals surface area contributed by atoms with Crippen LogP contribution in [-0.4, -0.2) is 23.7 Å². The summed E-state index contributed by atoms with van der Waals surface area (Å²) < 4.78 is 7.15. The first-order valence-electron chi connectivity index (χ1n) is 22.8. The zero-order chi connectivity index (χ0) is 44.0. The number of benzene rings is 10. The van der Waals surface area contributed by atoms with Gasteiger partial charge in [0.25, 0.3) is 0 Å².